The molecule has 0 bridgehead atoms. The number of benzene rings is 1. The number of thioether (sulfide) groups is 1. The summed E-state index contributed by atoms with van der Waals surface area (Å²) in [4.78, 5) is 8.76. The number of H-pyrrole nitrogens is 1. The molecule has 3 aromatic rings. The molecule has 1 atom stereocenters. The van der Waals surface area contributed by atoms with Crippen LogP contribution in [0.2, 0.25) is 0 Å². The average molecular weight is 347 g/mol. The van der Waals surface area contributed by atoms with E-state index in [2.05, 4.69) is 25.3 Å². The van der Waals surface area contributed by atoms with Crippen LogP contribution in [0.3, 0.4) is 0 Å². The van der Waals surface area contributed by atoms with Gasteiger partial charge in [0, 0.05) is 5.41 Å². The van der Waals surface area contributed by atoms with Crippen LogP contribution in [0.5, 0.6) is 0 Å². The van der Waals surface area contributed by atoms with Gasteiger partial charge in [-0.2, -0.15) is 4.98 Å². The fraction of sp³-hybridized carbons (Fsp3) is 0.375. The molecule has 0 aliphatic heterocycles. The number of aromatic amines is 1. The average Bonchev–Trinajstić information content (AvgIpc) is 3.16. The van der Waals surface area contributed by atoms with Crippen LogP contribution in [0.1, 0.15) is 44.7 Å². The van der Waals surface area contributed by atoms with E-state index in [4.69, 9.17) is 4.52 Å². The predicted octanol–water partition coefficient (Wildman–Crippen LogP) is 4.14. The molecule has 0 saturated heterocycles. The zero-order valence-electron chi connectivity index (χ0n) is 13.9. The van der Waals surface area contributed by atoms with Crippen molar-refractivity contribution in [3.8, 4) is 11.4 Å². The summed E-state index contributed by atoms with van der Waals surface area (Å²) in [5.41, 5.74) is 0.215. The summed E-state index contributed by atoms with van der Waals surface area (Å²) in [5.74, 6) is 1.22. The van der Waals surface area contributed by atoms with Crippen molar-refractivity contribution in [2.75, 3.05) is 0 Å². The number of halogens is 1. The zero-order chi connectivity index (χ0) is 17.3. The van der Waals surface area contributed by atoms with Gasteiger partial charge >= 0.3 is 0 Å². The van der Waals surface area contributed by atoms with Crippen LogP contribution in [-0.4, -0.2) is 25.3 Å². The summed E-state index contributed by atoms with van der Waals surface area (Å²) in [6, 6.07) is 6.43. The van der Waals surface area contributed by atoms with E-state index in [9.17, 15) is 4.39 Å². The Morgan fingerprint density at radius 1 is 1.21 bits per heavy atom. The second kappa shape index (κ2) is 6.35. The summed E-state index contributed by atoms with van der Waals surface area (Å²) < 4.78 is 19.1. The van der Waals surface area contributed by atoms with Crippen molar-refractivity contribution in [2.45, 2.75) is 43.5 Å². The standard InChI is InChI=1S/C16H18FN5OS/c1-9(13-19-14(22-23-13)16(2,3)4)24-15-18-12(20-21-15)10-7-5-6-8-11(10)17/h5-9H,1-4H3,(H,18,20,21)/t9-/m0/s1. The summed E-state index contributed by atoms with van der Waals surface area (Å²) in [6.45, 7) is 8.00. The monoisotopic (exact) mass is 347 g/mol. The summed E-state index contributed by atoms with van der Waals surface area (Å²) in [7, 11) is 0. The Morgan fingerprint density at radius 2 is 1.96 bits per heavy atom. The Morgan fingerprint density at radius 3 is 2.62 bits per heavy atom. The van der Waals surface area contributed by atoms with Gasteiger partial charge in [-0.15, -0.1) is 5.10 Å². The fourth-order valence-electron chi connectivity index (χ4n) is 1.99. The molecular formula is C16H18FN5OS. The molecular weight excluding hydrogens is 329 g/mol. The lowest BCUT2D eigenvalue weighted by Crippen LogP contribution is -2.13. The lowest BCUT2D eigenvalue weighted by molar-refractivity contribution is 0.364. The normalized spacial score (nSPS) is 13.2. The molecule has 0 saturated carbocycles. The lowest BCUT2D eigenvalue weighted by Gasteiger charge is -2.11. The Hall–Kier alpha value is -2.22. The van der Waals surface area contributed by atoms with E-state index in [-0.39, 0.29) is 16.5 Å². The van der Waals surface area contributed by atoms with Crippen molar-refractivity contribution >= 4 is 11.8 Å². The lowest BCUT2D eigenvalue weighted by atomic mass is 9.96. The van der Waals surface area contributed by atoms with Crippen molar-refractivity contribution in [3.63, 3.8) is 0 Å². The van der Waals surface area contributed by atoms with E-state index in [0.29, 0.717) is 28.3 Å². The van der Waals surface area contributed by atoms with Gasteiger partial charge in [0.2, 0.25) is 11.0 Å². The minimum Gasteiger partial charge on any atom is -0.338 e. The minimum atomic E-state index is -0.343. The van der Waals surface area contributed by atoms with Gasteiger partial charge in [-0.3, -0.25) is 5.10 Å². The summed E-state index contributed by atoms with van der Waals surface area (Å²) in [5, 5.41) is 11.3. The SMILES string of the molecule is C[C@H](Sc1n[nH]c(-c2ccccc2F)n1)c1nc(C(C)(C)C)no1. The summed E-state index contributed by atoms with van der Waals surface area (Å²) >= 11 is 1.37. The number of rotatable bonds is 4. The first-order valence-corrected chi connectivity index (χ1v) is 8.40. The number of nitrogens with zero attached hydrogens (tertiary/aromatic N) is 4. The van der Waals surface area contributed by atoms with Gasteiger partial charge in [0.05, 0.1) is 10.8 Å². The van der Waals surface area contributed by atoms with Crippen molar-refractivity contribution in [1.82, 2.24) is 25.3 Å². The first-order valence-electron chi connectivity index (χ1n) is 7.52. The van der Waals surface area contributed by atoms with Crippen LogP contribution in [0.4, 0.5) is 4.39 Å². The Bertz CT molecular complexity index is 839. The fourth-order valence-corrected chi connectivity index (χ4v) is 2.74. The molecule has 3 rings (SSSR count). The third-order valence-corrected chi connectivity index (χ3v) is 4.28. The van der Waals surface area contributed by atoms with Crippen LogP contribution in [0.15, 0.2) is 33.9 Å². The topological polar surface area (TPSA) is 80.5 Å². The van der Waals surface area contributed by atoms with Crippen LogP contribution in [0.25, 0.3) is 11.4 Å². The molecule has 0 amide bonds. The highest BCUT2D eigenvalue weighted by atomic mass is 32.2. The van der Waals surface area contributed by atoms with Gasteiger partial charge in [0.25, 0.3) is 0 Å². The van der Waals surface area contributed by atoms with Crippen LogP contribution in [-0.2, 0) is 5.41 Å². The molecule has 0 unspecified atom stereocenters. The third-order valence-electron chi connectivity index (χ3n) is 3.34. The summed E-state index contributed by atoms with van der Waals surface area (Å²) in [6.07, 6.45) is 0. The van der Waals surface area contributed by atoms with Gasteiger partial charge in [-0.05, 0) is 19.1 Å². The second-order valence-corrected chi connectivity index (χ2v) is 7.72. The van der Waals surface area contributed by atoms with Crippen molar-refractivity contribution in [3.05, 3.63) is 41.8 Å². The van der Waals surface area contributed by atoms with Crippen LogP contribution < -0.4 is 0 Å². The highest BCUT2D eigenvalue weighted by molar-refractivity contribution is 7.99. The maximum Gasteiger partial charge on any atom is 0.239 e. The molecule has 0 aliphatic carbocycles. The first kappa shape index (κ1) is 16.6. The van der Waals surface area contributed by atoms with Crippen molar-refractivity contribution in [2.24, 2.45) is 0 Å². The number of aromatic nitrogens is 5. The molecule has 126 valence electrons. The maximum atomic E-state index is 13.8. The minimum absolute atomic E-state index is 0.113. The predicted molar refractivity (Wildman–Crippen MR) is 89.0 cm³/mol. The first-order chi connectivity index (χ1) is 11.3. The molecule has 2 aromatic heterocycles. The van der Waals surface area contributed by atoms with Crippen molar-refractivity contribution < 1.29 is 8.91 Å². The smallest absolute Gasteiger partial charge is 0.239 e. The molecule has 8 heteroatoms. The van der Waals surface area contributed by atoms with E-state index in [0.717, 1.165) is 0 Å². The second-order valence-electron chi connectivity index (χ2n) is 6.41. The molecule has 6 nitrogen and oxygen atoms in total. The van der Waals surface area contributed by atoms with E-state index < -0.39 is 0 Å². The van der Waals surface area contributed by atoms with Gasteiger partial charge in [0.15, 0.2) is 11.6 Å². The van der Waals surface area contributed by atoms with Gasteiger partial charge in [-0.1, -0.05) is 49.8 Å². The van der Waals surface area contributed by atoms with Gasteiger partial charge in [0.1, 0.15) is 5.82 Å². The largest absolute Gasteiger partial charge is 0.338 e. The molecule has 1 N–H and O–H groups in total. The quantitative estimate of drug-likeness (QED) is 0.714. The molecule has 2 heterocycles. The van der Waals surface area contributed by atoms with E-state index in [1.807, 2.05) is 27.7 Å². The molecule has 0 radical (unpaired) electrons. The number of hydrogen-bond donors (Lipinski definition) is 1. The zero-order valence-corrected chi connectivity index (χ0v) is 14.7. The number of hydrogen-bond acceptors (Lipinski definition) is 6. The Kier molecular flexibility index (Phi) is 4.40. The Balaban J connectivity index is 1.75. The highest BCUT2D eigenvalue weighted by Gasteiger charge is 2.24. The molecule has 0 fully saturated rings. The maximum absolute atomic E-state index is 13.8. The molecule has 0 aliphatic rings. The van der Waals surface area contributed by atoms with Gasteiger partial charge in [-0.25, -0.2) is 9.37 Å². The molecule has 1 aromatic carbocycles. The highest BCUT2D eigenvalue weighted by Crippen LogP contribution is 2.33. The Labute approximate surface area is 143 Å². The third kappa shape index (κ3) is 3.48. The van der Waals surface area contributed by atoms with Gasteiger partial charge < -0.3 is 4.52 Å². The molecule has 0 spiro atoms. The van der Waals surface area contributed by atoms with E-state index in [1.54, 1.807) is 18.2 Å². The van der Waals surface area contributed by atoms with Crippen molar-refractivity contribution in [1.29, 1.82) is 0 Å². The number of nitrogens with one attached hydrogen (secondary N) is 1. The van der Waals surface area contributed by atoms with Crippen LogP contribution >= 0.6 is 11.8 Å². The van der Waals surface area contributed by atoms with E-state index in [1.165, 1.54) is 17.8 Å². The van der Waals surface area contributed by atoms with E-state index >= 15 is 0 Å². The van der Waals surface area contributed by atoms with Crippen LogP contribution in [0, 0.1) is 5.82 Å². The molecule has 24 heavy (non-hydrogen) atoms.